The number of carbonyl (C=O) groups is 2. The van der Waals surface area contributed by atoms with Gasteiger partial charge >= 0.3 is 0 Å². The summed E-state index contributed by atoms with van der Waals surface area (Å²) in [6, 6.07) is 29.4. The minimum atomic E-state index is -1.12. The lowest BCUT2D eigenvalue weighted by atomic mass is 9.73. The molecule has 69 heavy (non-hydrogen) atoms. The highest BCUT2D eigenvalue weighted by Gasteiger charge is 2.44. The first-order valence-corrected chi connectivity index (χ1v) is 23.0. The van der Waals surface area contributed by atoms with Gasteiger partial charge in [0.2, 0.25) is 0 Å². The minimum absolute atomic E-state index is 0.0287. The monoisotopic (exact) mass is 970 g/mol. The fraction of sp³-hybridized carbons (Fsp3) is 0.265. The summed E-state index contributed by atoms with van der Waals surface area (Å²) in [5.74, 6) is 0.00458. The second-order valence-corrected chi connectivity index (χ2v) is 18.3. The van der Waals surface area contributed by atoms with Crippen LogP contribution in [-0.4, -0.2) is 85.5 Å². The highest BCUT2D eigenvalue weighted by atomic mass is 35.5. The topological polar surface area (TPSA) is 243 Å². The lowest BCUT2D eigenvalue weighted by Gasteiger charge is -2.41. The van der Waals surface area contributed by atoms with E-state index in [0.29, 0.717) is 49.3 Å². The van der Waals surface area contributed by atoms with E-state index < -0.39 is 40.6 Å². The maximum atomic E-state index is 14.3. The van der Waals surface area contributed by atoms with Gasteiger partial charge < -0.3 is 30.3 Å². The van der Waals surface area contributed by atoms with Crippen molar-refractivity contribution in [1.82, 2.24) is 49.8 Å². The third-order valence-electron chi connectivity index (χ3n) is 12.7. The van der Waals surface area contributed by atoms with Crippen molar-refractivity contribution in [2.75, 3.05) is 13.2 Å². The smallest absolute Gasteiger partial charge is 0.274 e. The molecule has 0 radical (unpaired) electrons. The number of amides is 2. The van der Waals surface area contributed by atoms with Gasteiger partial charge in [-0.2, -0.15) is 19.0 Å². The molecule has 2 amide bonds. The lowest BCUT2D eigenvalue weighted by Crippen LogP contribution is -2.53. The standard InChI is InChI=1S/C49H44Cl2N10O8/c50-34-14-7-15-36(68-24-32-21-38(64)60-46(52-32)54-42(58-60)28-9-3-1-4-10-28)40(34)44(66)57-49(27-63)16-8-13-30(23-49)31-19-35(51)41(45(67)56-48(26-62)17-18-48)37(20-31)69-25-33-22-39(65)61-47(53-33)55-43(59-61)29-11-5-2-6-12-29/h1-7,9-12,14-15,19-22,30,62-63H,8,13,16-18,23-27H2,(H,56,67)(H,57,66)(H,52,54,58)(H,53,55,59). The maximum Gasteiger partial charge on any atom is 0.274 e. The third-order valence-corrected chi connectivity index (χ3v) is 13.3. The Bertz CT molecular complexity index is 3370. The fourth-order valence-corrected chi connectivity index (χ4v) is 9.35. The molecule has 20 heteroatoms. The van der Waals surface area contributed by atoms with Crippen LogP contribution in [0, 0.1) is 0 Å². The number of aromatic amines is 2. The number of H-pyrrole nitrogens is 2. The van der Waals surface area contributed by atoms with E-state index >= 15 is 0 Å². The van der Waals surface area contributed by atoms with Gasteiger partial charge in [-0.1, -0.05) is 96.4 Å². The molecule has 2 fully saturated rings. The third kappa shape index (κ3) is 9.31. The summed E-state index contributed by atoms with van der Waals surface area (Å²) in [4.78, 5) is 72.5. The fourth-order valence-electron chi connectivity index (χ4n) is 8.80. The van der Waals surface area contributed by atoms with Crippen LogP contribution >= 0.6 is 23.2 Å². The van der Waals surface area contributed by atoms with Crippen molar-refractivity contribution in [2.24, 2.45) is 0 Å². The summed E-state index contributed by atoms with van der Waals surface area (Å²) in [5, 5.41) is 33.1. The predicted octanol–water partition coefficient (Wildman–Crippen LogP) is 6.02. The number of aromatic nitrogens is 8. The Hall–Kier alpha value is -7.38. The molecule has 4 heterocycles. The van der Waals surface area contributed by atoms with Crippen LogP contribution in [0.2, 0.25) is 10.0 Å². The van der Waals surface area contributed by atoms with Crippen LogP contribution in [0.1, 0.15) is 82.1 Å². The number of hydrogen-bond donors (Lipinski definition) is 6. The van der Waals surface area contributed by atoms with Crippen LogP contribution < -0.4 is 31.2 Å². The molecule has 2 aliphatic carbocycles. The normalized spacial score (nSPS) is 17.4. The first-order chi connectivity index (χ1) is 33.4. The number of benzene rings is 4. The van der Waals surface area contributed by atoms with Crippen molar-refractivity contribution >= 4 is 46.6 Å². The van der Waals surface area contributed by atoms with Crippen LogP contribution in [-0.2, 0) is 13.2 Å². The van der Waals surface area contributed by atoms with E-state index in [0.717, 1.165) is 11.1 Å². The zero-order valence-corrected chi connectivity index (χ0v) is 38.3. The molecule has 4 aromatic carbocycles. The maximum absolute atomic E-state index is 14.3. The Morgan fingerprint density at radius 2 is 1.19 bits per heavy atom. The Kier molecular flexibility index (Phi) is 12.2. The van der Waals surface area contributed by atoms with Crippen molar-refractivity contribution in [2.45, 2.75) is 68.7 Å². The SMILES string of the molecule is O=C(NC1(CO)CC1)c1c(Cl)cc(C2CCCC(CO)(NC(=O)c3c(Cl)cccc3OCc3cc(=O)n4[nH]c(-c5ccccc5)nc4n3)C2)cc1OCc1cc(=O)n2[nH]c(-c3ccccc3)nc2n1. The minimum Gasteiger partial charge on any atom is -0.486 e. The Labute approximate surface area is 402 Å². The molecule has 2 atom stereocenters. The molecule has 0 spiro atoms. The molecule has 10 rings (SSSR count). The summed E-state index contributed by atoms with van der Waals surface area (Å²) in [5.41, 5.74) is 0.0918. The van der Waals surface area contributed by atoms with E-state index in [9.17, 15) is 29.4 Å². The number of hydrogen-bond acceptors (Lipinski definition) is 12. The van der Waals surface area contributed by atoms with E-state index in [1.54, 1.807) is 30.3 Å². The van der Waals surface area contributed by atoms with Gasteiger partial charge in [-0.3, -0.25) is 29.4 Å². The van der Waals surface area contributed by atoms with Crippen LogP contribution in [0.3, 0.4) is 0 Å². The number of halogens is 2. The van der Waals surface area contributed by atoms with Gasteiger partial charge in [-0.25, -0.2) is 9.97 Å². The van der Waals surface area contributed by atoms with Crippen LogP contribution in [0.25, 0.3) is 34.3 Å². The van der Waals surface area contributed by atoms with E-state index in [4.69, 9.17) is 32.7 Å². The summed E-state index contributed by atoms with van der Waals surface area (Å²) < 4.78 is 14.9. The average Bonchev–Trinajstić information content (AvgIpc) is 3.75. The van der Waals surface area contributed by atoms with Crippen molar-refractivity contribution in [3.8, 4) is 34.3 Å². The zero-order chi connectivity index (χ0) is 47.9. The first-order valence-electron chi connectivity index (χ1n) is 22.3. The molecule has 0 saturated heterocycles. The number of fused-ring (bicyclic) bond motifs is 2. The zero-order valence-electron chi connectivity index (χ0n) is 36.7. The molecular weight excluding hydrogens is 928 g/mol. The number of rotatable bonds is 15. The van der Waals surface area contributed by atoms with E-state index in [2.05, 4.69) is 40.8 Å². The molecule has 0 aliphatic heterocycles. The molecule has 0 bridgehead atoms. The highest BCUT2D eigenvalue weighted by Crippen LogP contribution is 2.43. The van der Waals surface area contributed by atoms with Crippen molar-refractivity contribution in [3.63, 3.8) is 0 Å². The summed E-state index contributed by atoms with van der Waals surface area (Å²) >= 11 is 13.6. The number of nitrogens with zero attached hydrogens (tertiary/aromatic N) is 6. The Morgan fingerprint density at radius 3 is 1.74 bits per heavy atom. The van der Waals surface area contributed by atoms with Gasteiger partial charge in [-0.05, 0) is 67.9 Å². The summed E-state index contributed by atoms with van der Waals surface area (Å²) in [7, 11) is 0. The first kappa shape index (κ1) is 45.4. The number of aliphatic hydroxyl groups excluding tert-OH is 2. The van der Waals surface area contributed by atoms with Gasteiger partial charge in [0.25, 0.3) is 34.5 Å². The van der Waals surface area contributed by atoms with Crippen molar-refractivity contribution < 1.29 is 29.3 Å². The largest absolute Gasteiger partial charge is 0.486 e. The van der Waals surface area contributed by atoms with Gasteiger partial charge in [0.05, 0.1) is 56.9 Å². The highest BCUT2D eigenvalue weighted by molar-refractivity contribution is 6.34. The molecule has 6 N–H and O–H groups in total. The van der Waals surface area contributed by atoms with Crippen molar-refractivity contribution in [3.05, 3.63) is 162 Å². The van der Waals surface area contributed by atoms with E-state index in [1.165, 1.54) is 21.2 Å². The number of aliphatic hydroxyl groups is 2. The molecule has 18 nitrogen and oxygen atoms in total. The Balaban J connectivity index is 0.889. The molecule has 4 aromatic heterocycles. The van der Waals surface area contributed by atoms with Gasteiger partial charge in [0.15, 0.2) is 11.6 Å². The van der Waals surface area contributed by atoms with Gasteiger partial charge in [0.1, 0.15) is 24.7 Å². The van der Waals surface area contributed by atoms with Crippen LogP contribution in [0.4, 0.5) is 0 Å². The van der Waals surface area contributed by atoms with Crippen molar-refractivity contribution in [1.29, 1.82) is 0 Å². The van der Waals surface area contributed by atoms with Gasteiger partial charge in [-0.15, -0.1) is 0 Å². The number of carbonyl (C=O) groups excluding carboxylic acids is 2. The molecule has 2 aliphatic rings. The molecule has 2 unspecified atom stereocenters. The van der Waals surface area contributed by atoms with E-state index in [1.807, 2.05) is 60.7 Å². The van der Waals surface area contributed by atoms with E-state index in [-0.39, 0.29) is 87.8 Å². The lowest BCUT2D eigenvalue weighted by molar-refractivity contribution is 0.0729. The molecular formula is C49H44Cl2N10O8. The molecule has 2 saturated carbocycles. The predicted molar refractivity (Wildman–Crippen MR) is 255 cm³/mol. The quantitative estimate of drug-likeness (QED) is 0.0691. The Morgan fingerprint density at radius 1 is 0.652 bits per heavy atom. The molecule has 352 valence electrons. The van der Waals surface area contributed by atoms with Crippen LogP contribution in [0.5, 0.6) is 11.5 Å². The second-order valence-electron chi connectivity index (χ2n) is 17.5. The second kappa shape index (κ2) is 18.6. The van der Waals surface area contributed by atoms with Crippen LogP contribution in [0.15, 0.2) is 113 Å². The number of nitrogens with one attached hydrogen (secondary N) is 4. The number of ether oxygens (including phenoxy) is 2. The summed E-state index contributed by atoms with van der Waals surface area (Å²) in [6.45, 7) is -1.08. The summed E-state index contributed by atoms with van der Waals surface area (Å²) in [6.07, 6.45) is 3.13. The van der Waals surface area contributed by atoms with Gasteiger partial charge in [0, 0.05) is 23.3 Å². The molecule has 8 aromatic rings. The average molecular weight is 972 g/mol.